The van der Waals surface area contributed by atoms with Gasteiger partial charge in [-0.3, -0.25) is 19.8 Å². The minimum Gasteiger partial charge on any atom is -0.329 e. The van der Waals surface area contributed by atoms with Gasteiger partial charge in [-0.15, -0.1) is 0 Å². The first-order valence-electron chi connectivity index (χ1n) is 6.91. The fourth-order valence-electron chi connectivity index (χ4n) is 2.67. The van der Waals surface area contributed by atoms with Crippen molar-refractivity contribution in [2.24, 2.45) is 0 Å². The Bertz CT molecular complexity index is 543. The molecule has 2 fully saturated rings. The lowest BCUT2D eigenvalue weighted by Crippen LogP contribution is -2.48. The van der Waals surface area contributed by atoms with Crippen LogP contribution in [0.3, 0.4) is 0 Å². The van der Waals surface area contributed by atoms with Gasteiger partial charge in [-0.2, -0.15) is 13.2 Å². The molecule has 0 unspecified atom stereocenters. The third kappa shape index (κ3) is 3.90. The van der Waals surface area contributed by atoms with Crippen LogP contribution in [-0.2, 0) is 9.59 Å². The molecule has 2 aliphatic rings. The van der Waals surface area contributed by atoms with Crippen molar-refractivity contribution in [3.05, 3.63) is 0 Å². The molecule has 0 aromatic carbocycles. The second-order valence-electron chi connectivity index (χ2n) is 5.46. The molecule has 2 rings (SSSR count). The number of nitrogens with one attached hydrogen (secondary N) is 3. The van der Waals surface area contributed by atoms with E-state index in [0.29, 0.717) is 17.7 Å². The number of hydrogen-bond donors (Lipinski definition) is 3. The molecule has 0 bridgehead atoms. The van der Waals surface area contributed by atoms with Gasteiger partial charge in [0.1, 0.15) is 18.6 Å². The van der Waals surface area contributed by atoms with Crippen LogP contribution in [0.15, 0.2) is 0 Å². The van der Waals surface area contributed by atoms with E-state index in [1.54, 1.807) is 5.32 Å². The second kappa shape index (κ2) is 6.05. The van der Waals surface area contributed by atoms with E-state index in [1.165, 1.54) is 5.32 Å². The van der Waals surface area contributed by atoms with Crippen molar-refractivity contribution in [1.29, 1.82) is 0 Å². The third-order valence-electron chi connectivity index (χ3n) is 3.71. The maximum Gasteiger partial charge on any atom is 0.405 e. The summed E-state index contributed by atoms with van der Waals surface area (Å²) in [6.07, 6.45) is -2.12. The second-order valence-corrected chi connectivity index (χ2v) is 5.46. The fraction of sp³-hybridized carbons (Fsp3) is 0.667. The Morgan fingerprint density at radius 3 is 2.39 bits per heavy atom. The quantitative estimate of drug-likeness (QED) is 0.642. The molecule has 1 aliphatic carbocycles. The number of amides is 6. The van der Waals surface area contributed by atoms with E-state index in [2.05, 4.69) is 5.32 Å². The maximum atomic E-state index is 12.2. The van der Waals surface area contributed by atoms with Gasteiger partial charge in [-0.25, -0.2) is 9.59 Å². The zero-order chi connectivity index (χ0) is 17.3. The van der Waals surface area contributed by atoms with E-state index < -0.39 is 48.7 Å². The minimum atomic E-state index is -4.61. The maximum absolute atomic E-state index is 12.2. The molecule has 23 heavy (non-hydrogen) atoms. The normalized spacial score (nSPS) is 19.9. The lowest BCUT2D eigenvalue weighted by atomic mass is 9.98. The van der Waals surface area contributed by atoms with Crippen molar-refractivity contribution in [3.8, 4) is 0 Å². The van der Waals surface area contributed by atoms with E-state index in [-0.39, 0.29) is 0 Å². The highest BCUT2D eigenvalue weighted by Crippen LogP contribution is 2.34. The standard InChI is InChI=1S/C12H15F3N4O4/c13-12(14,15)6-16-9(22)17-7(20)5-19-8(21)11(18-10(19)23)3-1-2-4-11/h1-6H2,(H,18,23)(H2,16,17,20,22). The molecule has 6 amide bonds. The van der Waals surface area contributed by atoms with Gasteiger partial charge in [0.2, 0.25) is 5.91 Å². The first-order chi connectivity index (χ1) is 10.6. The van der Waals surface area contributed by atoms with E-state index in [1.807, 2.05) is 0 Å². The Balaban J connectivity index is 1.87. The predicted octanol–water partition coefficient (Wildman–Crippen LogP) is 0.239. The molecule has 128 valence electrons. The first-order valence-corrected chi connectivity index (χ1v) is 6.91. The van der Waals surface area contributed by atoms with Gasteiger partial charge in [0.05, 0.1) is 0 Å². The summed E-state index contributed by atoms with van der Waals surface area (Å²) < 4.78 is 35.8. The molecule has 1 saturated carbocycles. The van der Waals surface area contributed by atoms with E-state index in [4.69, 9.17) is 0 Å². The van der Waals surface area contributed by atoms with Gasteiger partial charge in [-0.05, 0) is 12.8 Å². The van der Waals surface area contributed by atoms with Crippen molar-refractivity contribution in [2.75, 3.05) is 13.1 Å². The average molecular weight is 336 g/mol. The number of imide groups is 2. The summed E-state index contributed by atoms with van der Waals surface area (Å²) in [5.41, 5.74) is -0.990. The largest absolute Gasteiger partial charge is 0.405 e. The van der Waals surface area contributed by atoms with E-state index >= 15 is 0 Å². The van der Waals surface area contributed by atoms with Gasteiger partial charge in [0, 0.05) is 0 Å². The monoisotopic (exact) mass is 336 g/mol. The number of urea groups is 2. The molecule has 8 nitrogen and oxygen atoms in total. The molecule has 0 atom stereocenters. The molecular weight excluding hydrogens is 321 g/mol. The van der Waals surface area contributed by atoms with Crippen LogP contribution in [0.4, 0.5) is 22.8 Å². The predicted molar refractivity (Wildman–Crippen MR) is 69.0 cm³/mol. The average Bonchev–Trinajstić information content (AvgIpc) is 2.98. The Morgan fingerprint density at radius 1 is 1.22 bits per heavy atom. The van der Waals surface area contributed by atoms with Gasteiger partial charge in [0.25, 0.3) is 5.91 Å². The van der Waals surface area contributed by atoms with Gasteiger partial charge in [-0.1, -0.05) is 12.8 Å². The van der Waals surface area contributed by atoms with Crippen LogP contribution in [-0.4, -0.2) is 53.6 Å². The van der Waals surface area contributed by atoms with Crippen LogP contribution in [0, 0.1) is 0 Å². The van der Waals surface area contributed by atoms with Crippen LogP contribution in [0.2, 0.25) is 0 Å². The highest BCUT2D eigenvalue weighted by atomic mass is 19.4. The highest BCUT2D eigenvalue weighted by Gasteiger charge is 2.52. The topological polar surface area (TPSA) is 108 Å². The zero-order valence-electron chi connectivity index (χ0n) is 12.0. The third-order valence-corrected chi connectivity index (χ3v) is 3.71. The zero-order valence-corrected chi connectivity index (χ0v) is 12.0. The Morgan fingerprint density at radius 2 is 1.83 bits per heavy atom. The van der Waals surface area contributed by atoms with E-state index in [0.717, 1.165) is 12.8 Å². The summed E-state index contributed by atoms with van der Waals surface area (Å²) in [5.74, 6) is -1.60. The molecule has 1 aliphatic heterocycles. The van der Waals surface area contributed by atoms with Crippen LogP contribution >= 0.6 is 0 Å². The van der Waals surface area contributed by atoms with Crippen molar-refractivity contribution in [1.82, 2.24) is 20.9 Å². The smallest absolute Gasteiger partial charge is 0.329 e. The number of halogens is 3. The van der Waals surface area contributed by atoms with Gasteiger partial charge in [0.15, 0.2) is 0 Å². The Hall–Kier alpha value is -2.33. The van der Waals surface area contributed by atoms with Gasteiger partial charge < -0.3 is 10.6 Å². The number of alkyl halides is 3. The number of hydrogen-bond acceptors (Lipinski definition) is 4. The van der Waals surface area contributed by atoms with Crippen LogP contribution < -0.4 is 16.0 Å². The number of carbonyl (C=O) groups excluding carboxylic acids is 4. The molecule has 1 saturated heterocycles. The SMILES string of the molecule is O=C(CN1C(=O)NC2(CCCC2)C1=O)NC(=O)NCC(F)(F)F. The molecular formula is C12H15F3N4O4. The molecule has 0 aromatic rings. The number of carbonyl (C=O) groups is 4. The van der Waals surface area contributed by atoms with E-state index in [9.17, 15) is 32.3 Å². The molecule has 1 spiro atoms. The minimum absolute atomic E-state index is 0.474. The summed E-state index contributed by atoms with van der Waals surface area (Å²) in [5, 5.41) is 5.63. The fourth-order valence-corrected chi connectivity index (χ4v) is 2.67. The number of nitrogens with zero attached hydrogens (tertiary/aromatic N) is 1. The summed E-state index contributed by atoms with van der Waals surface area (Å²) >= 11 is 0. The molecule has 3 N–H and O–H groups in total. The van der Waals surface area contributed by atoms with Crippen molar-refractivity contribution < 1.29 is 32.3 Å². The van der Waals surface area contributed by atoms with Gasteiger partial charge >= 0.3 is 18.2 Å². The van der Waals surface area contributed by atoms with Crippen molar-refractivity contribution >= 4 is 23.9 Å². The van der Waals surface area contributed by atoms with Crippen LogP contribution in [0.5, 0.6) is 0 Å². The summed E-state index contributed by atoms with van der Waals surface area (Å²) in [4.78, 5) is 47.4. The van der Waals surface area contributed by atoms with Crippen molar-refractivity contribution in [3.63, 3.8) is 0 Å². The number of rotatable bonds is 3. The Kier molecular flexibility index (Phi) is 4.48. The molecule has 1 heterocycles. The molecule has 11 heteroatoms. The van der Waals surface area contributed by atoms with Crippen molar-refractivity contribution in [2.45, 2.75) is 37.4 Å². The first kappa shape index (κ1) is 17.0. The highest BCUT2D eigenvalue weighted by molar-refractivity contribution is 6.10. The molecule has 0 radical (unpaired) electrons. The van der Waals surface area contributed by atoms with Crippen LogP contribution in [0.1, 0.15) is 25.7 Å². The lowest BCUT2D eigenvalue weighted by molar-refractivity contribution is -0.134. The Labute approximate surface area is 128 Å². The lowest BCUT2D eigenvalue weighted by Gasteiger charge is -2.19. The van der Waals surface area contributed by atoms with Crippen LogP contribution in [0.25, 0.3) is 0 Å². The summed E-state index contributed by atoms with van der Waals surface area (Å²) in [6, 6.07) is -2.10. The summed E-state index contributed by atoms with van der Waals surface area (Å²) in [6.45, 7) is -2.33. The summed E-state index contributed by atoms with van der Waals surface area (Å²) in [7, 11) is 0. The molecule has 0 aromatic heterocycles.